The monoisotopic (exact) mass is 440 g/mol. The van der Waals surface area contributed by atoms with Crippen molar-refractivity contribution in [2.24, 2.45) is 17.8 Å². The van der Waals surface area contributed by atoms with Crippen LogP contribution in [0, 0.1) is 17.8 Å². The minimum Gasteiger partial charge on any atom is -0.497 e. The zero-order valence-electron chi connectivity index (χ0n) is 18.4. The van der Waals surface area contributed by atoms with Crippen molar-refractivity contribution < 1.29 is 28.6 Å². The zero-order valence-corrected chi connectivity index (χ0v) is 18.4. The van der Waals surface area contributed by atoms with Crippen LogP contribution in [0.2, 0.25) is 0 Å². The van der Waals surface area contributed by atoms with Gasteiger partial charge in [-0.1, -0.05) is 12.2 Å². The lowest BCUT2D eigenvalue weighted by molar-refractivity contribution is -0.152. The van der Waals surface area contributed by atoms with Crippen LogP contribution in [0.5, 0.6) is 5.75 Å². The van der Waals surface area contributed by atoms with Crippen molar-refractivity contribution in [1.82, 2.24) is 4.90 Å². The van der Waals surface area contributed by atoms with Crippen molar-refractivity contribution in [2.75, 3.05) is 38.3 Å². The number of methoxy groups -OCH3 is 1. The Morgan fingerprint density at radius 3 is 2.56 bits per heavy atom. The fourth-order valence-corrected chi connectivity index (χ4v) is 5.57. The van der Waals surface area contributed by atoms with E-state index in [-0.39, 0.29) is 29.8 Å². The molecule has 1 aromatic rings. The number of hydrogen-bond donors (Lipinski definition) is 0. The molecule has 0 unspecified atom stereocenters. The first kappa shape index (κ1) is 21.0. The molecule has 4 atom stereocenters. The van der Waals surface area contributed by atoms with E-state index >= 15 is 0 Å². The highest BCUT2D eigenvalue weighted by Gasteiger charge is 2.67. The maximum absolute atomic E-state index is 13.5. The highest BCUT2D eigenvalue weighted by atomic mass is 16.5. The summed E-state index contributed by atoms with van der Waals surface area (Å²) in [5.41, 5.74) is 0.00658. The maximum atomic E-state index is 13.5. The first-order valence-electron chi connectivity index (χ1n) is 11.3. The summed E-state index contributed by atoms with van der Waals surface area (Å²) in [5, 5.41) is 0. The Hall–Kier alpha value is -2.87. The quantitative estimate of drug-likeness (QED) is 0.513. The van der Waals surface area contributed by atoms with Gasteiger partial charge in [0.1, 0.15) is 11.4 Å². The standard InChI is InChI=1S/C24H28N2O6/c1-3-31-23(29)15-9-12-25(13-10-15)21(27)19-18-8-11-24(32-18)14-26(22(28)20(19)24)16-4-6-17(30-2)7-5-16/h4-8,11,15,18-20H,3,9-10,12-14H2,1-2H3/t18-,19-,20+,24-/m1/s1. The number of fused-ring (bicyclic) bond motifs is 1. The Morgan fingerprint density at radius 1 is 1.19 bits per heavy atom. The molecule has 0 aliphatic carbocycles. The van der Waals surface area contributed by atoms with Gasteiger partial charge in [-0.2, -0.15) is 0 Å². The van der Waals surface area contributed by atoms with Crippen LogP contribution in [0.25, 0.3) is 0 Å². The van der Waals surface area contributed by atoms with Crippen LogP contribution in [-0.4, -0.2) is 67.7 Å². The first-order chi connectivity index (χ1) is 15.5. The molecule has 2 bridgehead atoms. The third kappa shape index (κ3) is 3.20. The summed E-state index contributed by atoms with van der Waals surface area (Å²) in [6.45, 7) is 3.53. The van der Waals surface area contributed by atoms with Crippen LogP contribution in [-0.2, 0) is 23.9 Å². The maximum Gasteiger partial charge on any atom is 0.309 e. The van der Waals surface area contributed by atoms with E-state index in [2.05, 4.69) is 0 Å². The van der Waals surface area contributed by atoms with E-state index in [0.29, 0.717) is 39.1 Å². The molecule has 4 heterocycles. The van der Waals surface area contributed by atoms with Gasteiger partial charge in [0.25, 0.3) is 0 Å². The number of carbonyl (C=O) groups is 3. The van der Waals surface area contributed by atoms with E-state index in [1.165, 1.54) is 0 Å². The molecular formula is C24H28N2O6. The summed E-state index contributed by atoms with van der Waals surface area (Å²) < 4.78 is 16.6. The van der Waals surface area contributed by atoms with Gasteiger partial charge in [-0.15, -0.1) is 0 Å². The number of anilines is 1. The number of ether oxygens (including phenoxy) is 3. The predicted octanol–water partition coefficient (Wildman–Crippen LogP) is 1.78. The molecule has 1 spiro atoms. The highest BCUT2D eigenvalue weighted by Crippen LogP contribution is 2.53. The lowest BCUT2D eigenvalue weighted by Crippen LogP contribution is -2.49. The zero-order chi connectivity index (χ0) is 22.5. The summed E-state index contributed by atoms with van der Waals surface area (Å²) in [6.07, 6.45) is 4.67. The number of carbonyl (C=O) groups excluding carboxylic acids is 3. The minimum atomic E-state index is -0.759. The molecule has 5 rings (SSSR count). The molecular weight excluding hydrogens is 412 g/mol. The third-order valence-corrected chi connectivity index (χ3v) is 7.20. The largest absolute Gasteiger partial charge is 0.497 e. The molecule has 8 nitrogen and oxygen atoms in total. The molecule has 170 valence electrons. The predicted molar refractivity (Wildman–Crippen MR) is 115 cm³/mol. The second-order valence-corrected chi connectivity index (χ2v) is 8.87. The lowest BCUT2D eigenvalue weighted by Gasteiger charge is -2.34. The van der Waals surface area contributed by atoms with E-state index in [4.69, 9.17) is 14.2 Å². The fourth-order valence-electron chi connectivity index (χ4n) is 5.57. The second-order valence-electron chi connectivity index (χ2n) is 8.87. The van der Waals surface area contributed by atoms with Gasteiger partial charge in [-0.25, -0.2) is 0 Å². The van der Waals surface area contributed by atoms with Gasteiger partial charge in [0, 0.05) is 18.8 Å². The molecule has 4 aliphatic rings. The van der Waals surface area contributed by atoms with Gasteiger partial charge < -0.3 is 24.0 Å². The Bertz CT molecular complexity index is 952. The number of likely N-dealkylation sites (tertiary alicyclic amines) is 1. The molecule has 0 aromatic heterocycles. The molecule has 3 saturated heterocycles. The Balaban J connectivity index is 1.32. The van der Waals surface area contributed by atoms with Gasteiger partial charge in [-0.3, -0.25) is 14.4 Å². The van der Waals surface area contributed by atoms with Crippen molar-refractivity contribution in [3.63, 3.8) is 0 Å². The van der Waals surface area contributed by atoms with E-state index in [9.17, 15) is 14.4 Å². The molecule has 4 aliphatic heterocycles. The van der Waals surface area contributed by atoms with E-state index in [0.717, 1.165) is 11.4 Å². The molecule has 32 heavy (non-hydrogen) atoms. The highest BCUT2D eigenvalue weighted by molar-refractivity contribution is 6.03. The molecule has 8 heteroatoms. The van der Waals surface area contributed by atoms with E-state index in [1.807, 2.05) is 36.4 Å². The van der Waals surface area contributed by atoms with Crippen molar-refractivity contribution in [2.45, 2.75) is 31.5 Å². The number of nitrogens with zero attached hydrogens (tertiary/aromatic N) is 2. The van der Waals surface area contributed by atoms with Crippen LogP contribution < -0.4 is 9.64 Å². The third-order valence-electron chi connectivity index (χ3n) is 7.20. The number of amides is 2. The molecule has 0 radical (unpaired) electrons. The van der Waals surface area contributed by atoms with E-state index < -0.39 is 17.4 Å². The molecule has 0 N–H and O–H groups in total. The summed E-state index contributed by atoms with van der Waals surface area (Å²) in [4.78, 5) is 42.5. The van der Waals surface area contributed by atoms with E-state index in [1.54, 1.807) is 23.8 Å². The number of esters is 1. The minimum absolute atomic E-state index is 0.0570. The van der Waals surface area contributed by atoms with Crippen molar-refractivity contribution in [1.29, 1.82) is 0 Å². The fraction of sp³-hybridized carbons (Fsp3) is 0.542. The average molecular weight is 440 g/mol. The van der Waals surface area contributed by atoms with Crippen molar-refractivity contribution in [3.8, 4) is 5.75 Å². The van der Waals surface area contributed by atoms with Crippen LogP contribution in [0.3, 0.4) is 0 Å². The van der Waals surface area contributed by atoms with Crippen LogP contribution in [0.1, 0.15) is 19.8 Å². The lowest BCUT2D eigenvalue weighted by atomic mass is 9.76. The normalized spacial score (nSPS) is 31.2. The summed E-state index contributed by atoms with van der Waals surface area (Å²) in [7, 11) is 1.60. The number of rotatable bonds is 5. The van der Waals surface area contributed by atoms with Crippen LogP contribution >= 0.6 is 0 Å². The molecule has 2 amide bonds. The van der Waals surface area contributed by atoms with Gasteiger partial charge in [0.15, 0.2) is 0 Å². The number of hydrogen-bond acceptors (Lipinski definition) is 6. The van der Waals surface area contributed by atoms with Gasteiger partial charge in [0.2, 0.25) is 11.8 Å². The smallest absolute Gasteiger partial charge is 0.309 e. The number of benzene rings is 1. The first-order valence-corrected chi connectivity index (χ1v) is 11.3. The number of piperidine rings is 1. The molecule has 0 saturated carbocycles. The van der Waals surface area contributed by atoms with Crippen molar-refractivity contribution >= 4 is 23.5 Å². The Labute approximate surface area is 187 Å². The van der Waals surface area contributed by atoms with Crippen LogP contribution in [0.4, 0.5) is 5.69 Å². The van der Waals surface area contributed by atoms with Crippen LogP contribution in [0.15, 0.2) is 36.4 Å². The SMILES string of the molecule is CCOC(=O)C1CCN(C(=O)[C@H]2[C@H]3C(=O)N(c4ccc(OC)cc4)C[C@]34C=C[C@H]2O4)CC1. The average Bonchev–Trinajstić information content (AvgIpc) is 3.47. The summed E-state index contributed by atoms with van der Waals surface area (Å²) in [5.74, 6) is -0.842. The second kappa shape index (κ2) is 7.92. The topological polar surface area (TPSA) is 85.4 Å². The molecule has 1 aromatic carbocycles. The summed E-state index contributed by atoms with van der Waals surface area (Å²) >= 11 is 0. The Morgan fingerprint density at radius 2 is 1.91 bits per heavy atom. The molecule has 3 fully saturated rings. The van der Waals surface area contributed by atoms with Gasteiger partial charge in [-0.05, 0) is 44.0 Å². The van der Waals surface area contributed by atoms with Crippen molar-refractivity contribution in [3.05, 3.63) is 36.4 Å². The summed E-state index contributed by atoms with van der Waals surface area (Å²) in [6, 6.07) is 7.33. The van der Waals surface area contributed by atoms with Gasteiger partial charge in [0.05, 0.1) is 44.1 Å². The Kier molecular flexibility index (Phi) is 5.20. The van der Waals surface area contributed by atoms with Gasteiger partial charge >= 0.3 is 5.97 Å².